The molecule has 1 spiro atoms. The third kappa shape index (κ3) is 1.01. The lowest BCUT2D eigenvalue weighted by atomic mass is 9.42. The Hall–Kier alpha value is -0.920. The van der Waals surface area contributed by atoms with E-state index in [0.29, 0.717) is 29.3 Å². The van der Waals surface area contributed by atoms with Gasteiger partial charge in [0.1, 0.15) is 0 Å². The summed E-state index contributed by atoms with van der Waals surface area (Å²) in [6, 6.07) is 0. The Kier molecular flexibility index (Phi) is 1.93. The fourth-order valence-electron chi connectivity index (χ4n) is 7.44. The Labute approximate surface area is 126 Å². The van der Waals surface area contributed by atoms with Crippen LogP contribution in [0.2, 0.25) is 0 Å². The van der Waals surface area contributed by atoms with Gasteiger partial charge in [-0.3, -0.25) is 9.59 Å². The quantitative estimate of drug-likeness (QED) is 0.503. The number of carbonyl (C=O) groups is 2. The minimum absolute atomic E-state index is 0.0987. The van der Waals surface area contributed by atoms with E-state index in [1.54, 1.807) is 0 Å². The molecule has 0 aliphatic heterocycles. The van der Waals surface area contributed by atoms with Crippen molar-refractivity contribution in [3.8, 4) is 0 Å². The molecular weight excluding hydrogens is 260 g/mol. The Morgan fingerprint density at radius 2 is 1.95 bits per heavy atom. The van der Waals surface area contributed by atoms with Gasteiger partial charge in [-0.05, 0) is 62.2 Å². The van der Waals surface area contributed by atoms with Gasteiger partial charge in [0.2, 0.25) is 0 Å². The average Bonchev–Trinajstić information content (AvgIpc) is 3.02. The van der Waals surface area contributed by atoms with E-state index >= 15 is 0 Å². The van der Waals surface area contributed by atoms with Gasteiger partial charge in [-0.1, -0.05) is 25.5 Å². The molecule has 4 bridgehead atoms. The molecular formula is C19H24O2. The van der Waals surface area contributed by atoms with E-state index in [1.165, 1.54) is 5.57 Å². The molecule has 6 aliphatic carbocycles. The zero-order valence-corrected chi connectivity index (χ0v) is 13.2. The predicted molar refractivity (Wildman–Crippen MR) is 79.5 cm³/mol. The van der Waals surface area contributed by atoms with Crippen LogP contribution in [-0.2, 0) is 9.59 Å². The number of ketones is 2. The van der Waals surface area contributed by atoms with Crippen LogP contribution in [0.25, 0.3) is 0 Å². The van der Waals surface area contributed by atoms with Crippen LogP contribution in [0.15, 0.2) is 11.6 Å². The lowest BCUT2D eigenvalue weighted by Gasteiger charge is -2.59. The minimum atomic E-state index is -0.572. The van der Waals surface area contributed by atoms with Crippen molar-refractivity contribution < 1.29 is 9.59 Å². The summed E-state index contributed by atoms with van der Waals surface area (Å²) in [4.78, 5) is 26.2. The first-order valence-corrected chi connectivity index (χ1v) is 8.64. The van der Waals surface area contributed by atoms with Crippen molar-refractivity contribution >= 4 is 11.6 Å². The molecule has 0 amide bonds. The van der Waals surface area contributed by atoms with Gasteiger partial charge in [0.05, 0.1) is 5.41 Å². The van der Waals surface area contributed by atoms with Crippen LogP contribution < -0.4 is 0 Å². The van der Waals surface area contributed by atoms with Gasteiger partial charge < -0.3 is 0 Å². The van der Waals surface area contributed by atoms with Crippen molar-refractivity contribution in [1.82, 2.24) is 0 Å². The molecule has 0 aromatic heterocycles. The predicted octanol–water partition coefficient (Wildman–Crippen LogP) is 3.55. The number of hydrogen-bond donors (Lipinski definition) is 0. The molecule has 7 atom stereocenters. The van der Waals surface area contributed by atoms with E-state index < -0.39 is 5.41 Å². The fourth-order valence-corrected chi connectivity index (χ4v) is 7.44. The van der Waals surface area contributed by atoms with E-state index in [-0.39, 0.29) is 16.7 Å². The van der Waals surface area contributed by atoms with Gasteiger partial charge in [-0.2, -0.15) is 0 Å². The highest BCUT2D eigenvalue weighted by molar-refractivity contribution is 6.22. The summed E-state index contributed by atoms with van der Waals surface area (Å²) in [7, 11) is 0. The summed E-state index contributed by atoms with van der Waals surface area (Å²) in [6.07, 6.45) is 7.69. The van der Waals surface area contributed by atoms with Crippen LogP contribution in [0.3, 0.4) is 0 Å². The molecule has 6 aliphatic rings. The number of rotatable bonds is 0. The second kappa shape index (κ2) is 3.21. The first kappa shape index (κ1) is 12.6. The van der Waals surface area contributed by atoms with Gasteiger partial charge in [-0.25, -0.2) is 0 Å². The minimum Gasteiger partial charge on any atom is -0.298 e. The fraction of sp³-hybridized carbons (Fsp3) is 0.789. The second-order valence-corrected chi connectivity index (χ2v) is 8.90. The van der Waals surface area contributed by atoms with Crippen LogP contribution in [0.5, 0.6) is 0 Å². The van der Waals surface area contributed by atoms with E-state index in [4.69, 9.17) is 0 Å². The summed E-state index contributed by atoms with van der Waals surface area (Å²) in [5.41, 5.74) is 0.864. The van der Waals surface area contributed by atoms with E-state index in [0.717, 1.165) is 32.1 Å². The van der Waals surface area contributed by atoms with Crippen molar-refractivity contribution in [3.63, 3.8) is 0 Å². The number of fused-ring (bicyclic) bond motifs is 1. The highest BCUT2D eigenvalue weighted by Crippen LogP contribution is 2.81. The topological polar surface area (TPSA) is 34.1 Å². The van der Waals surface area contributed by atoms with E-state index in [1.807, 2.05) is 0 Å². The number of Topliss-reactive ketones (excluding diaryl/α,β-unsaturated/α-hetero) is 2. The molecule has 0 N–H and O–H groups in total. The normalized spacial score (nSPS) is 60.2. The van der Waals surface area contributed by atoms with Gasteiger partial charge in [0.15, 0.2) is 11.6 Å². The number of allylic oxidation sites excluding steroid dienone is 2. The van der Waals surface area contributed by atoms with Crippen LogP contribution >= 0.6 is 0 Å². The Balaban J connectivity index is 1.68. The zero-order valence-electron chi connectivity index (χ0n) is 13.2. The largest absolute Gasteiger partial charge is 0.298 e. The SMILES string of the molecule is CC1=CCC[C@]2(C)[C@@H]1CC[C@@]13C(=O)[C@H]4[C@@H](C[C@H]12)[C@@]4(C)C3=O. The van der Waals surface area contributed by atoms with Crippen molar-refractivity contribution in [2.75, 3.05) is 0 Å². The Morgan fingerprint density at radius 1 is 1.19 bits per heavy atom. The van der Waals surface area contributed by atoms with Crippen molar-refractivity contribution in [2.45, 2.75) is 52.9 Å². The van der Waals surface area contributed by atoms with Crippen LogP contribution in [0, 0.1) is 39.9 Å². The maximum atomic E-state index is 13.2. The summed E-state index contributed by atoms with van der Waals surface area (Å²) in [6.45, 7) is 6.73. The first-order chi connectivity index (χ1) is 9.88. The van der Waals surface area contributed by atoms with Gasteiger partial charge in [-0.15, -0.1) is 0 Å². The molecule has 0 heterocycles. The Bertz CT molecular complexity index is 631. The van der Waals surface area contributed by atoms with Crippen molar-refractivity contribution in [1.29, 1.82) is 0 Å². The molecule has 5 saturated carbocycles. The molecule has 0 aromatic rings. The third-order valence-electron chi connectivity index (χ3n) is 8.53. The van der Waals surface area contributed by atoms with Crippen molar-refractivity contribution in [2.24, 2.45) is 39.9 Å². The first-order valence-electron chi connectivity index (χ1n) is 8.64. The lowest BCUT2D eigenvalue weighted by Crippen LogP contribution is -2.60. The highest BCUT2D eigenvalue weighted by Gasteiger charge is 2.87. The molecule has 21 heavy (non-hydrogen) atoms. The van der Waals surface area contributed by atoms with E-state index in [2.05, 4.69) is 26.8 Å². The van der Waals surface area contributed by atoms with E-state index in [9.17, 15) is 9.59 Å². The number of hydrogen-bond acceptors (Lipinski definition) is 2. The molecule has 6 rings (SSSR count). The summed E-state index contributed by atoms with van der Waals surface area (Å²) in [5.74, 6) is 2.10. The maximum Gasteiger partial charge on any atom is 0.153 e. The maximum absolute atomic E-state index is 13.2. The smallest absolute Gasteiger partial charge is 0.153 e. The molecule has 0 unspecified atom stereocenters. The van der Waals surface area contributed by atoms with Crippen LogP contribution in [-0.4, -0.2) is 11.6 Å². The molecule has 2 nitrogen and oxygen atoms in total. The molecule has 0 radical (unpaired) electrons. The third-order valence-corrected chi connectivity index (χ3v) is 8.53. The average molecular weight is 284 g/mol. The zero-order chi connectivity index (χ0) is 14.8. The van der Waals surface area contributed by atoms with Gasteiger partial charge in [0, 0.05) is 11.3 Å². The van der Waals surface area contributed by atoms with Crippen LogP contribution in [0.4, 0.5) is 0 Å². The second-order valence-electron chi connectivity index (χ2n) is 8.90. The monoisotopic (exact) mass is 284 g/mol. The van der Waals surface area contributed by atoms with Gasteiger partial charge >= 0.3 is 0 Å². The molecule has 5 fully saturated rings. The summed E-state index contributed by atoms with van der Waals surface area (Å²) >= 11 is 0. The lowest BCUT2D eigenvalue weighted by molar-refractivity contribution is -0.165. The molecule has 0 aromatic carbocycles. The van der Waals surface area contributed by atoms with Crippen LogP contribution in [0.1, 0.15) is 52.9 Å². The summed E-state index contributed by atoms with van der Waals surface area (Å²) < 4.78 is 0. The van der Waals surface area contributed by atoms with Gasteiger partial charge in [0.25, 0.3) is 0 Å². The molecule has 112 valence electrons. The molecule has 2 heteroatoms. The highest BCUT2D eigenvalue weighted by atomic mass is 16.2. The molecule has 0 saturated heterocycles. The Morgan fingerprint density at radius 3 is 2.62 bits per heavy atom. The number of carbonyl (C=O) groups excluding carboxylic acids is 2. The van der Waals surface area contributed by atoms with Crippen molar-refractivity contribution in [3.05, 3.63) is 11.6 Å². The summed E-state index contributed by atoms with van der Waals surface area (Å²) in [5, 5.41) is 0. The standard InChI is InChI=1S/C19H24O2/c1-10-5-4-7-17(2)11(10)6-8-19-13(17)9-12-14(15(19)20)18(12,3)16(19)21/h5,11-14H,4,6-9H2,1-3H3/t11-,12-,13+,14-,17-,18-,19+/m1/s1.